The molecule has 0 saturated carbocycles. The molecule has 0 fully saturated rings. The summed E-state index contributed by atoms with van der Waals surface area (Å²) in [5, 5.41) is 15.3. The van der Waals surface area contributed by atoms with Gasteiger partial charge >= 0.3 is 0 Å². The molecule has 8 heteroatoms. The minimum Gasteiger partial charge on any atom is -0.367 e. The Morgan fingerprint density at radius 2 is 2.29 bits per heavy atom. The molecular formula is C6H8ClN7. The van der Waals surface area contributed by atoms with E-state index in [4.69, 9.17) is 17.3 Å². The smallest absolute Gasteiger partial charge is 0.240 e. The fourth-order valence-corrected chi connectivity index (χ4v) is 1.18. The van der Waals surface area contributed by atoms with Crippen molar-refractivity contribution in [3.8, 4) is 0 Å². The summed E-state index contributed by atoms with van der Waals surface area (Å²) in [4.78, 5) is 0. The maximum absolute atomic E-state index is 5.70. The van der Waals surface area contributed by atoms with Gasteiger partial charge in [-0.05, 0) is 10.4 Å². The second-order valence-electron chi connectivity index (χ2n) is 2.68. The standard InChI is InChI=1S/C6H8ClN7/c7-5-3-9-13(4-5)1-2-14-6(8)10-11-12-14/h3-4H,1-2H2,(H2,8,10,12). The molecule has 0 radical (unpaired) electrons. The Kier molecular flexibility index (Phi) is 2.32. The SMILES string of the molecule is Nc1nnnn1CCn1cc(Cl)cn1. The number of halogens is 1. The van der Waals surface area contributed by atoms with Gasteiger partial charge in [0.2, 0.25) is 5.95 Å². The van der Waals surface area contributed by atoms with Gasteiger partial charge in [-0.25, -0.2) is 4.68 Å². The average Bonchev–Trinajstić information content (AvgIpc) is 2.72. The topological polar surface area (TPSA) is 87.4 Å². The normalized spacial score (nSPS) is 10.6. The molecule has 2 N–H and O–H groups in total. The number of nitrogens with zero attached hydrogens (tertiary/aromatic N) is 6. The van der Waals surface area contributed by atoms with Crippen molar-refractivity contribution < 1.29 is 0 Å². The highest BCUT2D eigenvalue weighted by Crippen LogP contribution is 2.04. The lowest BCUT2D eigenvalue weighted by molar-refractivity contribution is 0.494. The van der Waals surface area contributed by atoms with Crippen LogP contribution in [0.1, 0.15) is 0 Å². The molecule has 0 saturated heterocycles. The monoisotopic (exact) mass is 213 g/mol. The predicted molar refractivity (Wildman–Crippen MR) is 49.5 cm³/mol. The number of tetrazole rings is 1. The molecule has 2 aromatic rings. The van der Waals surface area contributed by atoms with Gasteiger partial charge in [-0.15, -0.1) is 0 Å². The first-order valence-electron chi connectivity index (χ1n) is 3.95. The van der Waals surface area contributed by atoms with Gasteiger partial charge in [0, 0.05) is 6.20 Å². The van der Waals surface area contributed by atoms with Crippen LogP contribution in [0.3, 0.4) is 0 Å². The van der Waals surface area contributed by atoms with Gasteiger partial charge in [-0.3, -0.25) is 4.68 Å². The largest absolute Gasteiger partial charge is 0.367 e. The highest BCUT2D eigenvalue weighted by Gasteiger charge is 2.01. The van der Waals surface area contributed by atoms with Crippen molar-refractivity contribution in [1.29, 1.82) is 0 Å². The molecule has 0 bridgehead atoms. The number of aryl methyl sites for hydroxylation is 2. The highest BCUT2D eigenvalue weighted by molar-refractivity contribution is 6.30. The van der Waals surface area contributed by atoms with Crippen molar-refractivity contribution in [1.82, 2.24) is 30.0 Å². The summed E-state index contributed by atoms with van der Waals surface area (Å²) < 4.78 is 3.19. The molecule has 2 aromatic heterocycles. The van der Waals surface area contributed by atoms with Crippen LogP contribution >= 0.6 is 11.6 Å². The van der Waals surface area contributed by atoms with Gasteiger partial charge in [0.05, 0.1) is 24.3 Å². The van der Waals surface area contributed by atoms with E-state index in [9.17, 15) is 0 Å². The Morgan fingerprint density at radius 3 is 2.86 bits per heavy atom. The Labute approximate surface area is 84.5 Å². The molecule has 2 rings (SSSR count). The van der Waals surface area contributed by atoms with E-state index in [0.717, 1.165) is 0 Å². The Balaban J connectivity index is 1.98. The first-order chi connectivity index (χ1) is 6.75. The molecule has 0 spiro atoms. The quantitative estimate of drug-likeness (QED) is 0.763. The van der Waals surface area contributed by atoms with Crippen molar-refractivity contribution >= 4 is 17.5 Å². The average molecular weight is 214 g/mol. The van der Waals surface area contributed by atoms with Crippen LogP contribution < -0.4 is 5.73 Å². The van der Waals surface area contributed by atoms with Gasteiger partial charge in [-0.2, -0.15) is 5.10 Å². The third-order valence-corrected chi connectivity index (χ3v) is 1.90. The molecular weight excluding hydrogens is 206 g/mol. The summed E-state index contributed by atoms with van der Waals surface area (Å²) in [5.74, 6) is 0.295. The van der Waals surface area contributed by atoms with E-state index in [0.29, 0.717) is 24.1 Å². The number of hydrogen-bond acceptors (Lipinski definition) is 5. The fourth-order valence-electron chi connectivity index (χ4n) is 1.03. The number of aromatic nitrogens is 6. The van der Waals surface area contributed by atoms with Crippen molar-refractivity contribution in [3.05, 3.63) is 17.4 Å². The van der Waals surface area contributed by atoms with E-state index in [-0.39, 0.29) is 0 Å². The lowest BCUT2D eigenvalue weighted by Gasteiger charge is -2.01. The van der Waals surface area contributed by atoms with Gasteiger partial charge in [0.15, 0.2) is 0 Å². The number of nitrogens with two attached hydrogens (primary N) is 1. The van der Waals surface area contributed by atoms with Crippen LogP contribution in [0.2, 0.25) is 5.02 Å². The summed E-state index contributed by atoms with van der Waals surface area (Å²) in [5.41, 5.74) is 5.48. The first-order valence-corrected chi connectivity index (χ1v) is 4.33. The number of rotatable bonds is 3. The minimum atomic E-state index is 0.295. The zero-order valence-electron chi connectivity index (χ0n) is 7.21. The van der Waals surface area contributed by atoms with Crippen molar-refractivity contribution in [3.63, 3.8) is 0 Å². The molecule has 0 atom stereocenters. The first kappa shape index (κ1) is 8.95. The summed E-state index contributed by atoms with van der Waals surface area (Å²) in [6.45, 7) is 1.19. The second kappa shape index (κ2) is 3.62. The number of anilines is 1. The second-order valence-corrected chi connectivity index (χ2v) is 3.12. The maximum Gasteiger partial charge on any atom is 0.240 e. The highest BCUT2D eigenvalue weighted by atomic mass is 35.5. The minimum absolute atomic E-state index is 0.295. The number of hydrogen-bond donors (Lipinski definition) is 1. The molecule has 0 amide bonds. The van der Waals surface area contributed by atoms with Gasteiger partial charge in [0.25, 0.3) is 0 Å². The van der Waals surface area contributed by atoms with Crippen molar-refractivity contribution in [2.24, 2.45) is 0 Å². The third-order valence-electron chi connectivity index (χ3n) is 1.70. The maximum atomic E-state index is 5.70. The van der Waals surface area contributed by atoms with Crippen LogP contribution in [-0.2, 0) is 13.1 Å². The van der Waals surface area contributed by atoms with Crippen LogP contribution in [0.25, 0.3) is 0 Å². The van der Waals surface area contributed by atoms with E-state index in [1.165, 1.54) is 4.68 Å². The summed E-state index contributed by atoms with van der Waals surface area (Å²) in [7, 11) is 0. The van der Waals surface area contributed by atoms with Crippen molar-refractivity contribution in [2.75, 3.05) is 5.73 Å². The van der Waals surface area contributed by atoms with Crippen LogP contribution in [0, 0.1) is 0 Å². The van der Waals surface area contributed by atoms with Gasteiger partial charge < -0.3 is 5.73 Å². The molecule has 0 aliphatic carbocycles. The van der Waals surface area contributed by atoms with Crippen LogP contribution in [0.15, 0.2) is 12.4 Å². The molecule has 14 heavy (non-hydrogen) atoms. The van der Waals surface area contributed by atoms with Crippen molar-refractivity contribution in [2.45, 2.75) is 13.1 Å². The van der Waals surface area contributed by atoms with Crippen LogP contribution in [-0.4, -0.2) is 30.0 Å². The molecule has 0 unspecified atom stereocenters. The van der Waals surface area contributed by atoms with Gasteiger partial charge in [-0.1, -0.05) is 16.7 Å². The Bertz CT molecular complexity index is 419. The van der Waals surface area contributed by atoms with Crippen LogP contribution in [0.5, 0.6) is 0 Å². The van der Waals surface area contributed by atoms with Gasteiger partial charge in [0.1, 0.15) is 0 Å². The van der Waals surface area contributed by atoms with E-state index in [1.54, 1.807) is 17.1 Å². The fraction of sp³-hybridized carbons (Fsp3) is 0.333. The molecule has 7 nitrogen and oxygen atoms in total. The molecule has 0 aliphatic heterocycles. The zero-order valence-corrected chi connectivity index (χ0v) is 7.96. The Hall–Kier alpha value is -1.63. The van der Waals surface area contributed by atoms with E-state index < -0.39 is 0 Å². The van der Waals surface area contributed by atoms with E-state index >= 15 is 0 Å². The number of nitrogen functional groups attached to an aromatic ring is 1. The van der Waals surface area contributed by atoms with Crippen LogP contribution in [0.4, 0.5) is 5.95 Å². The zero-order chi connectivity index (χ0) is 9.97. The van der Waals surface area contributed by atoms with E-state index in [1.807, 2.05) is 0 Å². The molecule has 74 valence electrons. The lowest BCUT2D eigenvalue weighted by Crippen LogP contribution is -2.11. The lowest BCUT2D eigenvalue weighted by atomic mass is 10.6. The summed E-state index contributed by atoms with van der Waals surface area (Å²) in [6.07, 6.45) is 3.30. The Morgan fingerprint density at radius 1 is 1.43 bits per heavy atom. The predicted octanol–water partition coefficient (Wildman–Crippen LogP) is -0.195. The van der Waals surface area contributed by atoms with E-state index in [2.05, 4.69) is 20.6 Å². The molecule has 0 aromatic carbocycles. The summed E-state index contributed by atoms with van der Waals surface area (Å²) in [6, 6.07) is 0. The summed E-state index contributed by atoms with van der Waals surface area (Å²) >= 11 is 5.70. The molecule has 2 heterocycles. The third kappa shape index (κ3) is 1.82. The molecule has 0 aliphatic rings.